The highest BCUT2D eigenvalue weighted by Gasteiger charge is 2.19. The third-order valence-electron chi connectivity index (χ3n) is 3.73. The fourth-order valence-corrected chi connectivity index (χ4v) is 2.78. The molecule has 0 amide bonds. The van der Waals surface area contributed by atoms with Gasteiger partial charge in [-0.05, 0) is 56.8 Å². The Morgan fingerprint density at radius 1 is 1.28 bits per heavy atom. The minimum absolute atomic E-state index is 0.684. The van der Waals surface area contributed by atoms with Gasteiger partial charge in [-0.3, -0.25) is 0 Å². The molecule has 3 nitrogen and oxygen atoms in total. The van der Waals surface area contributed by atoms with Crippen LogP contribution in [0, 0.1) is 12.8 Å². The first-order valence-electron chi connectivity index (χ1n) is 6.67. The van der Waals surface area contributed by atoms with Crippen LogP contribution in [-0.4, -0.2) is 27.3 Å². The molecule has 1 heterocycles. The van der Waals surface area contributed by atoms with Gasteiger partial charge in [-0.1, -0.05) is 6.07 Å². The van der Waals surface area contributed by atoms with Crippen LogP contribution in [0.5, 0.6) is 11.5 Å². The second kappa shape index (κ2) is 6.10. The van der Waals surface area contributed by atoms with E-state index in [1.165, 1.54) is 24.0 Å². The van der Waals surface area contributed by atoms with Crippen molar-refractivity contribution in [2.24, 2.45) is 5.92 Å². The summed E-state index contributed by atoms with van der Waals surface area (Å²) in [5.74, 6) is 2.62. The third-order valence-corrected chi connectivity index (χ3v) is 3.73. The Morgan fingerprint density at radius 2 is 2.11 bits per heavy atom. The molecule has 3 heteroatoms. The number of piperidine rings is 1. The first-order chi connectivity index (χ1) is 8.76. The van der Waals surface area contributed by atoms with Gasteiger partial charge in [0.25, 0.3) is 0 Å². The van der Waals surface area contributed by atoms with Gasteiger partial charge in [-0.25, -0.2) is 0 Å². The molecule has 1 saturated heterocycles. The maximum atomic E-state index is 5.56. The molecule has 1 atom stereocenters. The van der Waals surface area contributed by atoms with Gasteiger partial charge in [0.15, 0.2) is 0 Å². The molecule has 1 unspecified atom stereocenters. The van der Waals surface area contributed by atoms with Gasteiger partial charge in [0, 0.05) is 5.56 Å². The first kappa shape index (κ1) is 13.2. The number of hydrogen-bond acceptors (Lipinski definition) is 3. The van der Waals surface area contributed by atoms with Crippen LogP contribution >= 0.6 is 0 Å². The molecule has 1 N–H and O–H groups in total. The average molecular weight is 249 g/mol. The lowest BCUT2D eigenvalue weighted by atomic mass is 9.90. The number of nitrogens with one attached hydrogen (secondary N) is 1. The van der Waals surface area contributed by atoms with E-state index in [1.54, 1.807) is 14.2 Å². The molecule has 0 radical (unpaired) electrons. The molecule has 1 aliphatic rings. The van der Waals surface area contributed by atoms with Crippen molar-refractivity contribution in [1.82, 2.24) is 5.32 Å². The van der Waals surface area contributed by atoms with Gasteiger partial charge in [0.05, 0.1) is 14.2 Å². The van der Waals surface area contributed by atoms with Crippen molar-refractivity contribution in [2.75, 3.05) is 27.3 Å². The van der Waals surface area contributed by atoms with Crippen molar-refractivity contribution < 1.29 is 9.47 Å². The zero-order chi connectivity index (χ0) is 13.0. The van der Waals surface area contributed by atoms with Gasteiger partial charge < -0.3 is 14.8 Å². The summed E-state index contributed by atoms with van der Waals surface area (Å²) in [6.07, 6.45) is 3.58. The van der Waals surface area contributed by atoms with Crippen molar-refractivity contribution >= 4 is 0 Å². The minimum atomic E-state index is 0.684. The number of aryl methyl sites for hydroxylation is 1. The monoisotopic (exact) mass is 249 g/mol. The summed E-state index contributed by atoms with van der Waals surface area (Å²) in [6.45, 7) is 4.33. The summed E-state index contributed by atoms with van der Waals surface area (Å²) in [5, 5.41) is 3.46. The fraction of sp³-hybridized carbons (Fsp3) is 0.600. The molecule has 0 bridgehead atoms. The van der Waals surface area contributed by atoms with Gasteiger partial charge in [0.2, 0.25) is 0 Å². The quantitative estimate of drug-likeness (QED) is 0.889. The zero-order valence-electron chi connectivity index (χ0n) is 11.6. The minimum Gasteiger partial charge on any atom is -0.496 e. The summed E-state index contributed by atoms with van der Waals surface area (Å²) in [7, 11) is 3.47. The molecule has 0 spiro atoms. The van der Waals surface area contributed by atoms with Gasteiger partial charge in [-0.2, -0.15) is 0 Å². The number of hydrogen-bond donors (Lipinski definition) is 1. The Labute approximate surface area is 109 Å². The highest BCUT2D eigenvalue weighted by Crippen LogP contribution is 2.34. The van der Waals surface area contributed by atoms with E-state index in [2.05, 4.69) is 18.3 Å². The lowest BCUT2D eigenvalue weighted by Gasteiger charge is -2.25. The Morgan fingerprint density at radius 3 is 2.72 bits per heavy atom. The van der Waals surface area contributed by atoms with Gasteiger partial charge in [0.1, 0.15) is 11.5 Å². The van der Waals surface area contributed by atoms with E-state index in [4.69, 9.17) is 9.47 Å². The SMILES string of the molecule is COc1ccc(C)c(OC)c1CC1CCCNC1. The zero-order valence-corrected chi connectivity index (χ0v) is 11.6. The summed E-state index contributed by atoms with van der Waals surface area (Å²) < 4.78 is 11.0. The van der Waals surface area contributed by atoms with Crippen LogP contribution in [-0.2, 0) is 6.42 Å². The highest BCUT2D eigenvalue weighted by atomic mass is 16.5. The second-order valence-electron chi connectivity index (χ2n) is 5.01. The Kier molecular flexibility index (Phi) is 4.48. The van der Waals surface area contributed by atoms with E-state index in [0.717, 1.165) is 31.0 Å². The first-order valence-corrected chi connectivity index (χ1v) is 6.67. The average Bonchev–Trinajstić information content (AvgIpc) is 2.40. The van der Waals surface area contributed by atoms with Crippen molar-refractivity contribution in [1.29, 1.82) is 0 Å². The normalized spacial score (nSPS) is 19.6. The standard InChI is InChI=1S/C15H23NO2/c1-11-6-7-14(17-2)13(15(11)18-3)9-12-5-4-8-16-10-12/h6-7,12,16H,4-5,8-10H2,1-3H3. The number of benzene rings is 1. The molecule has 1 aromatic carbocycles. The van der Waals surface area contributed by atoms with E-state index in [-0.39, 0.29) is 0 Å². The molecule has 2 rings (SSSR count). The third kappa shape index (κ3) is 2.78. The number of rotatable bonds is 4. The smallest absolute Gasteiger partial charge is 0.128 e. The van der Waals surface area contributed by atoms with Crippen molar-refractivity contribution in [2.45, 2.75) is 26.2 Å². The summed E-state index contributed by atoms with van der Waals surface area (Å²) in [6, 6.07) is 4.10. The van der Waals surface area contributed by atoms with Crippen molar-refractivity contribution in [3.8, 4) is 11.5 Å². The molecular weight excluding hydrogens is 226 g/mol. The van der Waals surface area contributed by atoms with Crippen molar-refractivity contribution in [3.63, 3.8) is 0 Å². The summed E-state index contributed by atoms with van der Waals surface area (Å²) in [4.78, 5) is 0. The molecule has 1 fully saturated rings. The molecule has 1 aromatic rings. The summed E-state index contributed by atoms with van der Waals surface area (Å²) >= 11 is 0. The maximum Gasteiger partial charge on any atom is 0.128 e. The lowest BCUT2D eigenvalue weighted by molar-refractivity contribution is 0.348. The molecule has 0 aliphatic carbocycles. The van der Waals surface area contributed by atoms with Gasteiger partial charge in [-0.15, -0.1) is 0 Å². The molecule has 1 aliphatic heterocycles. The summed E-state index contributed by atoms with van der Waals surface area (Å²) in [5.41, 5.74) is 2.39. The van der Waals surface area contributed by atoms with E-state index < -0.39 is 0 Å². The van der Waals surface area contributed by atoms with Crippen LogP contribution in [0.15, 0.2) is 12.1 Å². The van der Waals surface area contributed by atoms with Crippen LogP contribution < -0.4 is 14.8 Å². The van der Waals surface area contributed by atoms with Gasteiger partial charge >= 0.3 is 0 Å². The molecule has 0 saturated carbocycles. The Balaban J connectivity index is 2.25. The van der Waals surface area contributed by atoms with Crippen molar-refractivity contribution in [3.05, 3.63) is 23.3 Å². The lowest BCUT2D eigenvalue weighted by Crippen LogP contribution is -2.31. The van der Waals surface area contributed by atoms with E-state index in [0.29, 0.717) is 5.92 Å². The Hall–Kier alpha value is -1.22. The van der Waals surface area contributed by atoms with E-state index in [1.807, 2.05) is 6.07 Å². The number of ether oxygens (including phenoxy) is 2. The van der Waals surface area contributed by atoms with E-state index >= 15 is 0 Å². The fourth-order valence-electron chi connectivity index (χ4n) is 2.78. The maximum absolute atomic E-state index is 5.56. The highest BCUT2D eigenvalue weighted by molar-refractivity contribution is 5.50. The molecule has 0 aromatic heterocycles. The van der Waals surface area contributed by atoms with Crippen LogP contribution in [0.3, 0.4) is 0 Å². The van der Waals surface area contributed by atoms with Crippen LogP contribution in [0.25, 0.3) is 0 Å². The van der Waals surface area contributed by atoms with Crippen LogP contribution in [0.4, 0.5) is 0 Å². The largest absolute Gasteiger partial charge is 0.496 e. The molecule has 100 valence electrons. The molecule has 18 heavy (non-hydrogen) atoms. The van der Waals surface area contributed by atoms with Crippen LogP contribution in [0.1, 0.15) is 24.0 Å². The molecular formula is C15H23NO2. The van der Waals surface area contributed by atoms with Crippen LogP contribution in [0.2, 0.25) is 0 Å². The Bertz CT molecular complexity index is 398. The number of methoxy groups -OCH3 is 2. The van der Waals surface area contributed by atoms with E-state index in [9.17, 15) is 0 Å². The predicted octanol–water partition coefficient (Wildman–Crippen LogP) is 2.55. The predicted molar refractivity (Wildman–Crippen MR) is 73.6 cm³/mol. The second-order valence-corrected chi connectivity index (χ2v) is 5.01. The topological polar surface area (TPSA) is 30.5 Å².